The molecule has 0 saturated carbocycles. The molecule has 108 valence electrons. The van der Waals surface area contributed by atoms with Crippen molar-refractivity contribution < 1.29 is 19.1 Å². The van der Waals surface area contributed by atoms with E-state index in [-0.39, 0.29) is 12.3 Å². The van der Waals surface area contributed by atoms with Crippen LogP contribution in [0.15, 0.2) is 30.3 Å². The van der Waals surface area contributed by atoms with E-state index < -0.39 is 24.4 Å². The number of ether oxygens (including phenoxy) is 1. The van der Waals surface area contributed by atoms with Crippen molar-refractivity contribution in [2.45, 2.75) is 26.2 Å². The highest BCUT2D eigenvalue weighted by atomic mass is 16.5. The Morgan fingerprint density at radius 2 is 1.80 bits per heavy atom. The van der Waals surface area contributed by atoms with Crippen LogP contribution in [0.25, 0.3) is 0 Å². The minimum atomic E-state index is -0.582. The van der Waals surface area contributed by atoms with Crippen LogP contribution in [0.1, 0.15) is 31.7 Å². The first-order valence-corrected chi connectivity index (χ1v) is 6.25. The second-order valence-corrected chi connectivity index (χ2v) is 4.41. The summed E-state index contributed by atoms with van der Waals surface area (Å²) >= 11 is 0. The molecule has 0 unspecified atom stereocenters. The van der Waals surface area contributed by atoms with Gasteiger partial charge in [0.25, 0.3) is 5.91 Å². The molecule has 1 atom stereocenters. The van der Waals surface area contributed by atoms with Crippen molar-refractivity contribution in [3.8, 4) is 0 Å². The standard InChI is InChI=1S/C14H18N2O4/c1-10(12-6-4-3-5-7-12)8-14(19)20-9-13(18)16-15-11(2)17/h3-7,10H,8-9H2,1-2H3,(H,15,17)(H,16,18)/t10-/m1/s1. The molecule has 2 amide bonds. The normalized spacial score (nSPS) is 11.3. The minimum absolute atomic E-state index is 0.0158. The van der Waals surface area contributed by atoms with E-state index in [1.807, 2.05) is 37.3 Å². The van der Waals surface area contributed by atoms with Crippen molar-refractivity contribution >= 4 is 17.8 Å². The third-order valence-corrected chi connectivity index (χ3v) is 2.58. The topological polar surface area (TPSA) is 84.5 Å². The quantitative estimate of drug-likeness (QED) is 0.619. The lowest BCUT2D eigenvalue weighted by Crippen LogP contribution is -2.42. The van der Waals surface area contributed by atoms with Crippen LogP contribution in [-0.4, -0.2) is 24.4 Å². The number of benzene rings is 1. The highest BCUT2D eigenvalue weighted by Gasteiger charge is 2.13. The van der Waals surface area contributed by atoms with Crippen molar-refractivity contribution in [2.24, 2.45) is 0 Å². The maximum absolute atomic E-state index is 11.6. The van der Waals surface area contributed by atoms with Crippen LogP contribution in [-0.2, 0) is 19.1 Å². The summed E-state index contributed by atoms with van der Waals surface area (Å²) in [4.78, 5) is 33.3. The molecule has 6 heteroatoms. The molecule has 1 aromatic rings. The molecule has 6 nitrogen and oxygen atoms in total. The van der Waals surface area contributed by atoms with Crippen molar-refractivity contribution in [3.63, 3.8) is 0 Å². The van der Waals surface area contributed by atoms with Crippen LogP contribution in [0.3, 0.4) is 0 Å². The largest absolute Gasteiger partial charge is 0.455 e. The Bertz CT molecular complexity index is 473. The zero-order chi connectivity index (χ0) is 15.0. The molecule has 0 fully saturated rings. The first-order chi connectivity index (χ1) is 9.49. The van der Waals surface area contributed by atoms with Crippen LogP contribution in [0.5, 0.6) is 0 Å². The highest BCUT2D eigenvalue weighted by molar-refractivity contribution is 5.83. The van der Waals surface area contributed by atoms with Crippen molar-refractivity contribution in [1.29, 1.82) is 0 Å². The predicted molar refractivity (Wildman–Crippen MR) is 72.4 cm³/mol. The Balaban J connectivity index is 2.30. The van der Waals surface area contributed by atoms with Crippen LogP contribution in [0, 0.1) is 0 Å². The maximum atomic E-state index is 11.6. The van der Waals surface area contributed by atoms with Crippen LogP contribution in [0.4, 0.5) is 0 Å². The monoisotopic (exact) mass is 278 g/mol. The number of esters is 1. The molecule has 0 aliphatic rings. The molecule has 0 spiro atoms. The number of hydrazine groups is 1. The first kappa shape index (κ1) is 15.7. The molecular formula is C14H18N2O4. The summed E-state index contributed by atoms with van der Waals surface area (Å²) in [7, 11) is 0. The summed E-state index contributed by atoms with van der Waals surface area (Å²) in [5.41, 5.74) is 5.25. The van der Waals surface area contributed by atoms with E-state index in [0.717, 1.165) is 5.56 Å². The zero-order valence-corrected chi connectivity index (χ0v) is 11.5. The Morgan fingerprint density at radius 1 is 1.15 bits per heavy atom. The number of carbonyl (C=O) groups is 3. The van der Waals surface area contributed by atoms with Crippen molar-refractivity contribution in [2.75, 3.05) is 6.61 Å². The molecule has 2 N–H and O–H groups in total. The SMILES string of the molecule is CC(=O)NNC(=O)COC(=O)C[C@@H](C)c1ccccc1. The lowest BCUT2D eigenvalue weighted by molar-refractivity contribution is -0.149. The van der Waals surface area contributed by atoms with Gasteiger partial charge in [-0.1, -0.05) is 37.3 Å². The summed E-state index contributed by atoms with van der Waals surface area (Å²) < 4.78 is 4.83. The fraction of sp³-hybridized carbons (Fsp3) is 0.357. The molecule has 20 heavy (non-hydrogen) atoms. The van der Waals surface area contributed by atoms with Gasteiger partial charge in [0.05, 0.1) is 6.42 Å². The van der Waals surface area contributed by atoms with Gasteiger partial charge in [0.2, 0.25) is 5.91 Å². The molecular weight excluding hydrogens is 260 g/mol. The van der Waals surface area contributed by atoms with Gasteiger partial charge in [0.15, 0.2) is 6.61 Å². The average Bonchev–Trinajstić information content (AvgIpc) is 2.43. The average molecular weight is 278 g/mol. The minimum Gasteiger partial charge on any atom is -0.455 e. The summed E-state index contributed by atoms with van der Waals surface area (Å²) in [6.45, 7) is 2.75. The van der Waals surface area contributed by atoms with Gasteiger partial charge in [-0.15, -0.1) is 0 Å². The second kappa shape index (κ2) is 7.93. The molecule has 0 aromatic heterocycles. The van der Waals surface area contributed by atoms with Gasteiger partial charge < -0.3 is 4.74 Å². The molecule has 0 saturated heterocycles. The molecule has 0 aliphatic carbocycles. The lowest BCUT2D eigenvalue weighted by atomic mass is 9.98. The van der Waals surface area contributed by atoms with Gasteiger partial charge in [-0.3, -0.25) is 25.2 Å². The van der Waals surface area contributed by atoms with E-state index in [1.54, 1.807) is 0 Å². The number of rotatable bonds is 5. The molecule has 0 radical (unpaired) electrons. The van der Waals surface area contributed by atoms with Gasteiger partial charge in [-0.2, -0.15) is 0 Å². The Hall–Kier alpha value is -2.37. The van der Waals surface area contributed by atoms with Gasteiger partial charge >= 0.3 is 5.97 Å². The Kier molecular flexibility index (Phi) is 6.22. The Morgan fingerprint density at radius 3 is 2.40 bits per heavy atom. The third kappa shape index (κ3) is 5.99. The fourth-order valence-electron chi connectivity index (χ4n) is 1.55. The summed E-state index contributed by atoms with van der Waals surface area (Å²) in [5.74, 6) is -1.43. The smallest absolute Gasteiger partial charge is 0.306 e. The van der Waals surface area contributed by atoms with Gasteiger partial charge in [-0.25, -0.2) is 0 Å². The van der Waals surface area contributed by atoms with Crippen molar-refractivity contribution in [3.05, 3.63) is 35.9 Å². The van der Waals surface area contributed by atoms with Crippen molar-refractivity contribution in [1.82, 2.24) is 10.9 Å². The van der Waals surface area contributed by atoms with Crippen LogP contribution in [0.2, 0.25) is 0 Å². The number of nitrogens with one attached hydrogen (secondary N) is 2. The number of hydrogen-bond acceptors (Lipinski definition) is 4. The predicted octanol–water partition coefficient (Wildman–Crippen LogP) is 0.891. The molecule has 0 heterocycles. The van der Waals surface area contributed by atoms with E-state index in [1.165, 1.54) is 6.92 Å². The number of hydrogen-bond donors (Lipinski definition) is 2. The third-order valence-electron chi connectivity index (χ3n) is 2.58. The van der Waals surface area contributed by atoms with Crippen LogP contribution < -0.4 is 10.9 Å². The fourth-order valence-corrected chi connectivity index (χ4v) is 1.55. The summed E-state index contributed by atoms with van der Waals surface area (Å²) in [5, 5.41) is 0. The zero-order valence-electron chi connectivity index (χ0n) is 11.5. The number of amides is 2. The number of carbonyl (C=O) groups excluding carboxylic acids is 3. The lowest BCUT2D eigenvalue weighted by Gasteiger charge is -2.11. The van der Waals surface area contributed by atoms with Gasteiger partial charge in [-0.05, 0) is 11.5 Å². The van der Waals surface area contributed by atoms with Gasteiger partial charge in [0, 0.05) is 6.92 Å². The second-order valence-electron chi connectivity index (χ2n) is 4.41. The molecule has 1 aromatic carbocycles. The molecule has 0 bridgehead atoms. The van der Waals surface area contributed by atoms with E-state index in [4.69, 9.17) is 4.74 Å². The summed E-state index contributed by atoms with van der Waals surface area (Å²) in [6.07, 6.45) is 0.192. The first-order valence-electron chi connectivity index (χ1n) is 6.25. The van der Waals surface area contributed by atoms with E-state index >= 15 is 0 Å². The van der Waals surface area contributed by atoms with E-state index in [9.17, 15) is 14.4 Å². The van der Waals surface area contributed by atoms with E-state index in [0.29, 0.717) is 0 Å². The highest BCUT2D eigenvalue weighted by Crippen LogP contribution is 2.18. The Labute approximate surface area is 117 Å². The van der Waals surface area contributed by atoms with Gasteiger partial charge in [0.1, 0.15) is 0 Å². The summed E-state index contributed by atoms with van der Waals surface area (Å²) in [6, 6.07) is 9.57. The molecule has 1 rings (SSSR count). The van der Waals surface area contributed by atoms with Crippen LogP contribution >= 0.6 is 0 Å². The maximum Gasteiger partial charge on any atom is 0.306 e. The molecule has 0 aliphatic heterocycles. The van der Waals surface area contributed by atoms with E-state index in [2.05, 4.69) is 10.9 Å².